The van der Waals surface area contributed by atoms with Gasteiger partial charge in [-0.25, -0.2) is 8.42 Å². The molecule has 1 fully saturated rings. The normalized spacial score (nSPS) is 18.9. The average molecular weight is 297 g/mol. The van der Waals surface area contributed by atoms with Crippen molar-refractivity contribution in [1.29, 1.82) is 0 Å². The number of aryl methyl sites for hydroxylation is 2. The van der Waals surface area contributed by atoms with Gasteiger partial charge in [-0.15, -0.1) is 0 Å². The summed E-state index contributed by atoms with van der Waals surface area (Å²) in [6, 6.07) is 3.43. The van der Waals surface area contributed by atoms with Gasteiger partial charge >= 0.3 is 0 Å². The summed E-state index contributed by atoms with van der Waals surface area (Å²) in [6.45, 7) is 6.59. The third kappa shape index (κ3) is 2.97. The van der Waals surface area contributed by atoms with Crippen molar-refractivity contribution < 1.29 is 8.42 Å². The minimum absolute atomic E-state index is 0.241. The minimum atomic E-state index is -3.50. The molecular formula is C14H23N3O2S. The Bertz CT molecular complexity index is 599. The molecule has 0 atom stereocenters. The van der Waals surface area contributed by atoms with Crippen LogP contribution < -0.4 is 5.73 Å². The number of nitrogens with two attached hydrogens (primary N) is 1. The summed E-state index contributed by atoms with van der Waals surface area (Å²) in [5.74, 6) is 0. The average Bonchev–Trinajstić information content (AvgIpc) is 2.59. The van der Waals surface area contributed by atoms with Crippen LogP contribution in [0.1, 0.15) is 17.5 Å². The number of hydrogen-bond acceptors (Lipinski definition) is 4. The molecule has 1 aromatic carbocycles. The second-order valence-electron chi connectivity index (χ2n) is 5.54. The van der Waals surface area contributed by atoms with Crippen LogP contribution in [0.4, 0.5) is 5.69 Å². The fourth-order valence-electron chi connectivity index (χ4n) is 2.44. The van der Waals surface area contributed by atoms with Gasteiger partial charge in [0.25, 0.3) is 0 Å². The molecule has 0 aromatic heterocycles. The van der Waals surface area contributed by atoms with Gasteiger partial charge < -0.3 is 10.6 Å². The van der Waals surface area contributed by atoms with Crippen molar-refractivity contribution in [1.82, 2.24) is 9.21 Å². The van der Waals surface area contributed by atoms with Gasteiger partial charge in [-0.2, -0.15) is 4.31 Å². The van der Waals surface area contributed by atoms with Crippen molar-refractivity contribution in [3.8, 4) is 0 Å². The number of nitrogen functional groups attached to an aromatic ring is 1. The summed E-state index contributed by atoms with van der Waals surface area (Å²) in [6.07, 6.45) is 0.848. The Labute approximate surface area is 121 Å². The second kappa shape index (κ2) is 5.71. The van der Waals surface area contributed by atoms with Crippen molar-refractivity contribution in [3.05, 3.63) is 23.3 Å². The van der Waals surface area contributed by atoms with Crippen molar-refractivity contribution in [3.63, 3.8) is 0 Å². The van der Waals surface area contributed by atoms with E-state index in [1.807, 2.05) is 20.9 Å². The molecule has 1 aromatic rings. The summed E-state index contributed by atoms with van der Waals surface area (Å²) in [5, 5.41) is 0. The number of nitrogens with zero attached hydrogens (tertiary/aromatic N) is 2. The molecule has 5 nitrogen and oxygen atoms in total. The first-order valence-electron chi connectivity index (χ1n) is 6.88. The molecule has 0 aliphatic carbocycles. The molecule has 0 radical (unpaired) electrons. The molecule has 1 aliphatic heterocycles. The van der Waals surface area contributed by atoms with Crippen molar-refractivity contribution in [2.75, 3.05) is 39.0 Å². The molecule has 0 bridgehead atoms. The highest BCUT2D eigenvalue weighted by Crippen LogP contribution is 2.26. The van der Waals surface area contributed by atoms with E-state index in [1.165, 1.54) is 0 Å². The van der Waals surface area contributed by atoms with E-state index in [1.54, 1.807) is 16.4 Å². The SMILES string of the molecule is Cc1cc(N)c(S(=O)(=O)N2CCCN(C)CC2)cc1C. The van der Waals surface area contributed by atoms with Crippen LogP contribution in [-0.4, -0.2) is 50.8 Å². The standard InChI is InChI=1S/C14H23N3O2S/c1-11-9-13(15)14(10-12(11)2)20(18,19)17-6-4-5-16(3)7-8-17/h9-10H,4-8,15H2,1-3H3. The van der Waals surface area contributed by atoms with Crippen molar-refractivity contribution in [2.45, 2.75) is 25.2 Å². The predicted molar refractivity (Wildman–Crippen MR) is 81.2 cm³/mol. The van der Waals surface area contributed by atoms with Crippen LogP contribution in [0.15, 0.2) is 17.0 Å². The van der Waals surface area contributed by atoms with E-state index in [-0.39, 0.29) is 4.90 Å². The maximum Gasteiger partial charge on any atom is 0.245 e. The highest BCUT2D eigenvalue weighted by Gasteiger charge is 2.28. The van der Waals surface area contributed by atoms with E-state index in [4.69, 9.17) is 5.73 Å². The Morgan fingerprint density at radius 1 is 1.05 bits per heavy atom. The van der Waals surface area contributed by atoms with Crippen LogP contribution in [0.25, 0.3) is 0 Å². The molecule has 1 saturated heterocycles. The Balaban J connectivity index is 2.37. The first kappa shape index (κ1) is 15.3. The third-order valence-electron chi connectivity index (χ3n) is 3.92. The lowest BCUT2D eigenvalue weighted by molar-refractivity contribution is 0.347. The minimum Gasteiger partial charge on any atom is -0.398 e. The highest BCUT2D eigenvalue weighted by molar-refractivity contribution is 7.89. The summed E-state index contributed by atoms with van der Waals surface area (Å²) in [5.41, 5.74) is 8.23. The number of likely N-dealkylation sites (N-methyl/N-ethyl adjacent to an activating group) is 1. The number of sulfonamides is 1. The first-order chi connectivity index (χ1) is 9.32. The van der Waals surface area contributed by atoms with E-state index < -0.39 is 10.0 Å². The van der Waals surface area contributed by atoms with E-state index in [9.17, 15) is 8.42 Å². The summed E-state index contributed by atoms with van der Waals surface area (Å²) in [4.78, 5) is 2.39. The van der Waals surface area contributed by atoms with Gasteiger partial charge in [-0.05, 0) is 57.1 Å². The summed E-state index contributed by atoms with van der Waals surface area (Å²) in [7, 11) is -1.48. The highest BCUT2D eigenvalue weighted by atomic mass is 32.2. The molecule has 0 unspecified atom stereocenters. The maximum atomic E-state index is 12.8. The fourth-order valence-corrected chi connectivity index (χ4v) is 4.09. The van der Waals surface area contributed by atoms with Gasteiger partial charge in [0.15, 0.2) is 0 Å². The Hall–Kier alpha value is -1.11. The lowest BCUT2D eigenvalue weighted by atomic mass is 10.1. The second-order valence-corrected chi connectivity index (χ2v) is 7.44. The van der Waals surface area contributed by atoms with Crippen LogP contribution in [0.3, 0.4) is 0 Å². The molecule has 0 amide bonds. The smallest absolute Gasteiger partial charge is 0.245 e. The van der Waals surface area contributed by atoms with Crippen molar-refractivity contribution in [2.24, 2.45) is 0 Å². The fraction of sp³-hybridized carbons (Fsp3) is 0.571. The molecule has 1 heterocycles. The molecule has 0 spiro atoms. The molecule has 20 heavy (non-hydrogen) atoms. The van der Waals surface area contributed by atoms with Crippen LogP contribution >= 0.6 is 0 Å². The van der Waals surface area contributed by atoms with E-state index in [0.717, 1.165) is 30.6 Å². The summed E-state index contributed by atoms with van der Waals surface area (Å²) < 4.78 is 27.1. The molecule has 0 saturated carbocycles. The number of anilines is 1. The van der Waals surface area contributed by atoms with Gasteiger partial charge in [0, 0.05) is 19.6 Å². The number of hydrogen-bond donors (Lipinski definition) is 1. The predicted octanol–water partition coefficient (Wildman–Crippen LogP) is 1.21. The molecule has 1 aliphatic rings. The molecular weight excluding hydrogens is 274 g/mol. The van der Waals surface area contributed by atoms with Gasteiger partial charge in [-0.3, -0.25) is 0 Å². The van der Waals surface area contributed by atoms with Crippen LogP contribution in [-0.2, 0) is 10.0 Å². The van der Waals surface area contributed by atoms with Crippen LogP contribution in [0.2, 0.25) is 0 Å². The topological polar surface area (TPSA) is 66.6 Å². The molecule has 2 N–H and O–H groups in total. The van der Waals surface area contributed by atoms with Crippen LogP contribution in [0.5, 0.6) is 0 Å². The Kier molecular flexibility index (Phi) is 4.36. The Morgan fingerprint density at radius 3 is 2.40 bits per heavy atom. The molecule has 6 heteroatoms. The molecule has 112 valence electrons. The number of benzene rings is 1. The van der Waals surface area contributed by atoms with Gasteiger partial charge in [0.1, 0.15) is 4.90 Å². The van der Waals surface area contributed by atoms with Crippen LogP contribution in [0, 0.1) is 13.8 Å². The monoisotopic (exact) mass is 297 g/mol. The lowest BCUT2D eigenvalue weighted by Crippen LogP contribution is -2.35. The van der Waals surface area contributed by atoms with Gasteiger partial charge in [-0.1, -0.05) is 0 Å². The lowest BCUT2D eigenvalue weighted by Gasteiger charge is -2.21. The zero-order valence-corrected chi connectivity index (χ0v) is 13.2. The Morgan fingerprint density at radius 2 is 1.70 bits per heavy atom. The third-order valence-corrected chi connectivity index (χ3v) is 5.88. The van der Waals surface area contributed by atoms with Gasteiger partial charge in [0.2, 0.25) is 10.0 Å². The van der Waals surface area contributed by atoms with E-state index in [0.29, 0.717) is 18.8 Å². The first-order valence-corrected chi connectivity index (χ1v) is 8.32. The molecule has 2 rings (SSSR count). The largest absolute Gasteiger partial charge is 0.398 e. The zero-order chi connectivity index (χ0) is 14.9. The maximum absolute atomic E-state index is 12.8. The zero-order valence-electron chi connectivity index (χ0n) is 12.4. The van der Waals surface area contributed by atoms with E-state index in [2.05, 4.69) is 4.90 Å². The summed E-state index contributed by atoms with van der Waals surface area (Å²) >= 11 is 0. The van der Waals surface area contributed by atoms with Crippen molar-refractivity contribution >= 4 is 15.7 Å². The quantitative estimate of drug-likeness (QED) is 0.833. The number of rotatable bonds is 2. The van der Waals surface area contributed by atoms with Gasteiger partial charge in [0.05, 0.1) is 5.69 Å². The van der Waals surface area contributed by atoms with E-state index >= 15 is 0 Å².